The van der Waals surface area contributed by atoms with E-state index in [-0.39, 0.29) is 29.8 Å². The van der Waals surface area contributed by atoms with Crippen LogP contribution < -0.4 is 5.32 Å². The van der Waals surface area contributed by atoms with E-state index >= 15 is 0 Å². The van der Waals surface area contributed by atoms with Crippen LogP contribution in [0.5, 0.6) is 0 Å². The molecule has 1 aliphatic rings. The van der Waals surface area contributed by atoms with Crippen molar-refractivity contribution in [1.29, 1.82) is 0 Å². The van der Waals surface area contributed by atoms with E-state index in [1.807, 2.05) is 0 Å². The van der Waals surface area contributed by atoms with Crippen LogP contribution in [0.1, 0.15) is 44.8 Å². The van der Waals surface area contributed by atoms with Gasteiger partial charge in [-0.3, -0.25) is 0 Å². The monoisotopic (exact) mass is 273 g/mol. The average molecular weight is 274 g/mol. The van der Waals surface area contributed by atoms with E-state index in [4.69, 9.17) is 0 Å². The maximum absolute atomic E-state index is 13.1. The number of rotatable bonds is 2. The first kappa shape index (κ1) is 15.4. The van der Waals surface area contributed by atoms with Crippen molar-refractivity contribution in [3.05, 3.63) is 35.6 Å². The molecule has 1 unspecified atom stereocenters. The molecule has 1 fully saturated rings. The smallest absolute Gasteiger partial charge is 0.123 e. The van der Waals surface area contributed by atoms with Crippen molar-refractivity contribution in [3.63, 3.8) is 0 Å². The van der Waals surface area contributed by atoms with Crippen molar-refractivity contribution in [3.8, 4) is 0 Å². The predicted molar refractivity (Wildman–Crippen MR) is 73.5 cm³/mol. The second-order valence-corrected chi connectivity index (χ2v) is 5.53. The third-order valence-electron chi connectivity index (χ3n) is 3.46. The van der Waals surface area contributed by atoms with Crippen LogP contribution in [-0.4, -0.2) is 16.7 Å². The highest BCUT2D eigenvalue weighted by Gasteiger charge is 2.31. The summed E-state index contributed by atoms with van der Waals surface area (Å²) in [5.74, 6) is -0.295. The highest BCUT2D eigenvalue weighted by Crippen LogP contribution is 2.29. The molecule has 4 heteroatoms. The molecule has 0 spiro atoms. The number of nitrogens with one attached hydrogen (secondary N) is 1. The van der Waals surface area contributed by atoms with Crippen LogP contribution >= 0.6 is 12.4 Å². The Bertz CT molecular complexity index is 397. The number of halogens is 2. The average Bonchev–Trinajstić information content (AvgIpc) is 2.26. The Morgan fingerprint density at radius 2 is 2.17 bits per heavy atom. The summed E-state index contributed by atoms with van der Waals surface area (Å²) in [6.07, 6.45) is 2.50. The van der Waals surface area contributed by atoms with Crippen LogP contribution in [0.15, 0.2) is 24.3 Å². The second-order valence-electron chi connectivity index (χ2n) is 5.53. The summed E-state index contributed by atoms with van der Waals surface area (Å²) in [5, 5.41) is 13.7. The van der Waals surface area contributed by atoms with Crippen molar-refractivity contribution in [1.82, 2.24) is 5.32 Å². The summed E-state index contributed by atoms with van der Waals surface area (Å²) in [5.41, 5.74) is 0.706. The standard InChI is InChI=1S/C14H20FNO.ClH/c1-14(2)8-4-7-12(16-14)13(17)10-5-3-6-11(15)9-10;/h3,5-6,9,12-13,16-17H,4,7-8H2,1-2H3;1H/t12?,13-;/m0./s1. The van der Waals surface area contributed by atoms with Gasteiger partial charge in [0.05, 0.1) is 6.10 Å². The highest BCUT2D eigenvalue weighted by atomic mass is 35.5. The van der Waals surface area contributed by atoms with E-state index in [1.54, 1.807) is 12.1 Å². The molecule has 0 amide bonds. The molecule has 1 saturated heterocycles. The quantitative estimate of drug-likeness (QED) is 0.867. The number of piperidine rings is 1. The van der Waals surface area contributed by atoms with Crippen molar-refractivity contribution >= 4 is 12.4 Å². The normalized spacial score (nSPS) is 24.1. The molecule has 1 aromatic rings. The van der Waals surface area contributed by atoms with Gasteiger partial charge in [0.1, 0.15) is 5.82 Å². The van der Waals surface area contributed by atoms with Crippen molar-refractivity contribution in [2.75, 3.05) is 0 Å². The molecule has 1 aromatic carbocycles. The lowest BCUT2D eigenvalue weighted by Gasteiger charge is -2.39. The van der Waals surface area contributed by atoms with Gasteiger partial charge in [-0.2, -0.15) is 0 Å². The maximum atomic E-state index is 13.1. The van der Waals surface area contributed by atoms with Crippen LogP contribution in [0, 0.1) is 5.82 Å². The summed E-state index contributed by atoms with van der Waals surface area (Å²) in [4.78, 5) is 0. The van der Waals surface area contributed by atoms with Gasteiger partial charge in [0.2, 0.25) is 0 Å². The summed E-state index contributed by atoms with van der Waals surface area (Å²) in [6.45, 7) is 4.27. The molecule has 18 heavy (non-hydrogen) atoms. The molecule has 2 nitrogen and oxygen atoms in total. The Morgan fingerprint density at radius 1 is 1.44 bits per heavy atom. The molecule has 2 rings (SSSR count). The van der Waals surface area contributed by atoms with E-state index in [0.717, 1.165) is 19.3 Å². The predicted octanol–water partition coefficient (Wildman–Crippen LogP) is 3.20. The van der Waals surface area contributed by atoms with E-state index in [0.29, 0.717) is 5.56 Å². The fourth-order valence-corrected chi connectivity index (χ4v) is 2.57. The molecule has 0 aromatic heterocycles. The van der Waals surface area contributed by atoms with E-state index < -0.39 is 6.10 Å². The van der Waals surface area contributed by atoms with Crippen LogP contribution in [-0.2, 0) is 0 Å². The van der Waals surface area contributed by atoms with Gasteiger partial charge in [0, 0.05) is 11.6 Å². The fraction of sp³-hybridized carbons (Fsp3) is 0.571. The molecule has 0 aliphatic carbocycles. The molecule has 2 N–H and O–H groups in total. The zero-order chi connectivity index (χ0) is 12.5. The maximum Gasteiger partial charge on any atom is 0.123 e. The minimum atomic E-state index is -0.634. The molecule has 102 valence electrons. The van der Waals surface area contributed by atoms with Gasteiger partial charge in [-0.15, -0.1) is 12.4 Å². The lowest BCUT2D eigenvalue weighted by Crippen LogP contribution is -2.51. The Kier molecular flexibility index (Phi) is 5.14. The largest absolute Gasteiger partial charge is 0.387 e. The van der Waals surface area contributed by atoms with Gasteiger partial charge < -0.3 is 10.4 Å². The van der Waals surface area contributed by atoms with Crippen LogP contribution in [0.25, 0.3) is 0 Å². The second kappa shape index (κ2) is 6.00. The summed E-state index contributed by atoms with van der Waals surface area (Å²) < 4.78 is 13.1. The fourth-order valence-electron chi connectivity index (χ4n) is 2.57. The minimum Gasteiger partial charge on any atom is -0.387 e. The van der Waals surface area contributed by atoms with Gasteiger partial charge in [-0.25, -0.2) is 4.39 Å². The third kappa shape index (κ3) is 3.67. The van der Waals surface area contributed by atoms with Gasteiger partial charge in [-0.05, 0) is 50.8 Å². The third-order valence-corrected chi connectivity index (χ3v) is 3.46. The first-order valence-corrected chi connectivity index (χ1v) is 6.19. The number of hydrogen-bond acceptors (Lipinski definition) is 2. The number of aliphatic hydroxyl groups excluding tert-OH is 1. The zero-order valence-electron chi connectivity index (χ0n) is 10.8. The van der Waals surface area contributed by atoms with Gasteiger partial charge in [0.15, 0.2) is 0 Å². The van der Waals surface area contributed by atoms with Crippen LogP contribution in [0.3, 0.4) is 0 Å². The molecule has 0 saturated carbocycles. The Hall–Kier alpha value is -0.640. The topological polar surface area (TPSA) is 32.3 Å². The summed E-state index contributed by atoms with van der Waals surface area (Å²) in [7, 11) is 0. The first-order valence-electron chi connectivity index (χ1n) is 6.19. The lowest BCUT2D eigenvalue weighted by molar-refractivity contribution is 0.0842. The molecular formula is C14H21ClFNO. The minimum absolute atomic E-state index is 0. The summed E-state index contributed by atoms with van der Waals surface area (Å²) in [6, 6.07) is 6.24. The Labute approximate surface area is 114 Å². The van der Waals surface area contributed by atoms with Gasteiger partial charge >= 0.3 is 0 Å². The molecule has 1 aliphatic heterocycles. The number of aliphatic hydroxyl groups is 1. The number of benzene rings is 1. The van der Waals surface area contributed by atoms with Gasteiger partial charge in [-0.1, -0.05) is 12.1 Å². The Morgan fingerprint density at radius 3 is 2.78 bits per heavy atom. The number of hydrogen-bond donors (Lipinski definition) is 2. The molecule has 0 radical (unpaired) electrons. The van der Waals surface area contributed by atoms with E-state index in [9.17, 15) is 9.50 Å². The molecule has 2 atom stereocenters. The molecular weight excluding hydrogens is 253 g/mol. The summed E-state index contributed by atoms with van der Waals surface area (Å²) >= 11 is 0. The van der Waals surface area contributed by atoms with Gasteiger partial charge in [0.25, 0.3) is 0 Å². The van der Waals surface area contributed by atoms with E-state index in [1.165, 1.54) is 12.1 Å². The van der Waals surface area contributed by atoms with Crippen molar-refractivity contribution < 1.29 is 9.50 Å². The highest BCUT2D eigenvalue weighted by molar-refractivity contribution is 5.85. The van der Waals surface area contributed by atoms with Crippen molar-refractivity contribution in [2.45, 2.75) is 50.8 Å². The lowest BCUT2D eigenvalue weighted by atomic mass is 9.85. The SMILES string of the molecule is CC1(C)CCCC([C@@H](O)c2cccc(F)c2)N1.Cl. The molecule has 0 bridgehead atoms. The van der Waals surface area contributed by atoms with E-state index in [2.05, 4.69) is 19.2 Å². The molecule has 1 heterocycles. The van der Waals surface area contributed by atoms with Crippen molar-refractivity contribution in [2.24, 2.45) is 0 Å². The first-order chi connectivity index (χ1) is 7.98. The van der Waals surface area contributed by atoms with Crippen LogP contribution in [0.4, 0.5) is 4.39 Å². The Balaban J connectivity index is 0.00000162. The van der Waals surface area contributed by atoms with Crippen LogP contribution in [0.2, 0.25) is 0 Å². The zero-order valence-corrected chi connectivity index (χ0v) is 11.6.